The van der Waals surface area contributed by atoms with Gasteiger partial charge in [-0.3, -0.25) is 19.4 Å². The van der Waals surface area contributed by atoms with E-state index in [1.165, 1.54) is 34.4 Å². The molecule has 6 heteroatoms. The van der Waals surface area contributed by atoms with Crippen LogP contribution in [0, 0.1) is 17.8 Å². The van der Waals surface area contributed by atoms with Crippen molar-refractivity contribution in [1.82, 2.24) is 9.80 Å². The standard InChI is InChI=1S/C42H42N4O2/c1-3-23-21-43-16-15-41-30-9-5-8-12-33(30)46-39(41)28(27(23)18-35(41)43)17-29(40(46)48)34-20-42-31-10-6-7-11-32(31)45-37(47)14-13-25(38(42)45)26-19-36(42)44(34)22-24(26)4-2/h3-13,17,26-28,34-36,38-39H,14-16,18-22H2,1-2H3/b23-3-,24-4-/t26?,27?,28-,34+,35?,36?,38-,39-,41+,42+/m0/s1. The molecule has 2 amide bonds. The van der Waals surface area contributed by atoms with Crippen molar-refractivity contribution in [3.63, 3.8) is 0 Å². The van der Waals surface area contributed by atoms with Gasteiger partial charge in [-0.25, -0.2) is 0 Å². The molecule has 48 heavy (non-hydrogen) atoms. The Balaban J connectivity index is 1.07. The largest absolute Gasteiger partial charge is 0.304 e. The summed E-state index contributed by atoms with van der Waals surface area (Å²) in [4.78, 5) is 39.3. The molecule has 8 heterocycles. The second-order valence-corrected chi connectivity index (χ2v) is 16.5. The Bertz CT molecular complexity index is 2020. The second-order valence-electron chi connectivity index (χ2n) is 16.5. The van der Waals surface area contributed by atoms with Crippen LogP contribution in [0.4, 0.5) is 11.4 Å². The van der Waals surface area contributed by atoms with Crippen molar-refractivity contribution in [1.29, 1.82) is 0 Å². The Labute approximate surface area is 282 Å². The number of benzene rings is 2. The summed E-state index contributed by atoms with van der Waals surface area (Å²) in [5.41, 5.74) is 10.4. The van der Waals surface area contributed by atoms with Gasteiger partial charge in [-0.2, -0.15) is 0 Å². The van der Waals surface area contributed by atoms with Crippen LogP contribution in [0.15, 0.2) is 95.1 Å². The molecule has 4 unspecified atom stereocenters. The van der Waals surface area contributed by atoms with Gasteiger partial charge in [-0.15, -0.1) is 0 Å². The first-order valence-corrected chi connectivity index (χ1v) is 18.6. The number of anilines is 2. The highest BCUT2D eigenvalue weighted by Gasteiger charge is 2.72. The lowest BCUT2D eigenvalue weighted by Crippen LogP contribution is -2.66. The Kier molecular flexibility index (Phi) is 4.91. The van der Waals surface area contributed by atoms with E-state index in [4.69, 9.17) is 0 Å². The molecule has 2 aromatic carbocycles. The number of hydrogen-bond donors (Lipinski definition) is 0. The summed E-state index contributed by atoms with van der Waals surface area (Å²) in [6.45, 7) is 7.51. The average molecular weight is 635 g/mol. The zero-order valence-electron chi connectivity index (χ0n) is 27.8. The quantitative estimate of drug-likeness (QED) is 0.381. The molecule has 2 spiro atoms. The van der Waals surface area contributed by atoms with Gasteiger partial charge in [0.1, 0.15) is 0 Å². The average Bonchev–Trinajstić information content (AvgIpc) is 3.85. The zero-order valence-corrected chi connectivity index (χ0v) is 27.8. The SMILES string of the molecule is C/C=C1/CN2C3CC1C1=CCC(=O)N4c5ccccc5[C@@]3(C[C@@H]2C2=C[C@H]3C5CC6N(CC[C@@]67c6ccccc6N(C2=O)[C@@H]37)C/C5=C/C)[C@H]14. The predicted octanol–water partition coefficient (Wildman–Crippen LogP) is 5.66. The number of amides is 2. The molecule has 0 radical (unpaired) electrons. The lowest BCUT2D eigenvalue weighted by atomic mass is 9.54. The third-order valence-corrected chi connectivity index (χ3v) is 15.5. The van der Waals surface area contributed by atoms with Crippen molar-refractivity contribution in [3.8, 4) is 0 Å². The Morgan fingerprint density at radius 1 is 0.833 bits per heavy atom. The zero-order chi connectivity index (χ0) is 31.8. The van der Waals surface area contributed by atoms with Crippen LogP contribution < -0.4 is 9.80 Å². The number of allylic oxidation sites excluding steroid dienone is 2. The summed E-state index contributed by atoms with van der Waals surface area (Å²) in [7, 11) is 0. The number of rotatable bonds is 1. The van der Waals surface area contributed by atoms with E-state index in [9.17, 15) is 4.79 Å². The number of fused-ring (bicyclic) bond motifs is 8. The molecule has 4 saturated heterocycles. The molecular formula is C42H42N4O2. The molecule has 12 rings (SSSR count). The number of nitrogens with zero attached hydrogens (tertiary/aromatic N) is 4. The van der Waals surface area contributed by atoms with Crippen molar-refractivity contribution < 1.29 is 9.59 Å². The van der Waals surface area contributed by atoms with Gasteiger partial charge in [0.05, 0.1) is 12.1 Å². The van der Waals surface area contributed by atoms with Crippen LogP contribution >= 0.6 is 0 Å². The molecule has 10 aliphatic rings. The summed E-state index contributed by atoms with van der Waals surface area (Å²) in [6.07, 6.45) is 14.3. The van der Waals surface area contributed by atoms with Gasteiger partial charge in [0.25, 0.3) is 5.91 Å². The lowest BCUT2D eigenvalue weighted by Gasteiger charge is -2.57. The summed E-state index contributed by atoms with van der Waals surface area (Å²) in [6, 6.07) is 18.8. The summed E-state index contributed by atoms with van der Waals surface area (Å²) in [5, 5.41) is 0. The smallest absolute Gasteiger partial charge is 0.255 e. The maximum Gasteiger partial charge on any atom is 0.255 e. The van der Waals surface area contributed by atoms with Gasteiger partial charge in [-0.1, -0.05) is 71.8 Å². The highest BCUT2D eigenvalue weighted by Crippen LogP contribution is 2.68. The van der Waals surface area contributed by atoms with Crippen LogP contribution in [-0.4, -0.2) is 71.5 Å². The van der Waals surface area contributed by atoms with E-state index in [1.807, 2.05) is 0 Å². The second kappa shape index (κ2) is 8.70. The van der Waals surface area contributed by atoms with Gasteiger partial charge in [0, 0.05) is 77.2 Å². The summed E-state index contributed by atoms with van der Waals surface area (Å²) in [5.74, 6) is 1.62. The van der Waals surface area contributed by atoms with E-state index in [1.54, 1.807) is 5.57 Å². The summed E-state index contributed by atoms with van der Waals surface area (Å²) < 4.78 is 0. The van der Waals surface area contributed by atoms with E-state index >= 15 is 4.79 Å². The minimum Gasteiger partial charge on any atom is -0.304 e. The topological polar surface area (TPSA) is 47.1 Å². The van der Waals surface area contributed by atoms with Gasteiger partial charge < -0.3 is 9.80 Å². The van der Waals surface area contributed by atoms with Crippen molar-refractivity contribution in [2.75, 3.05) is 29.4 Å². The molecule has 10 atom stereocenters. The molecule has 0 N–H and O–H groups in total. The Morgan fingerprint density at radius 2 is 1.58 bits per heavy atom. The Morgan fingerprint density at radius 3 is 2.38 bits per heavy atom. The molecule has 8 aliphatic heterocycles. The van der Waals surface area contributed by atoms with E-state index in [2.05, 4.69) is 106 Å². The van der Waals surface area contributed by atoms with Crippen molar-refractivity contribution in [2.45, 2.75) is 87.0 Å². The van der Waals surface area contributed by atoms with Crippen LogP contribution in [0.1, 0.15) is 57.1 Å². The van der Waals surface area contributed by atoms with Crippen LogP contribution in [0.5, 0.6) is 0 Å². The van der Waals surface area contributed by atoms with E-state index in [0.717, 1.165) is 50.2 Å². The number of hydrogen-bond acceptors (Lipinski definition) is 4. The van der Waals surface area contributed by atoms with Crippen LogP contribution in [0.25, 0.3) is 0 Å². The van der Waals surface area contributed by atoms with E-state index < -0.39 is 0 Å². The first kappa shape index (κ1) is 27.1. The van der Waals surface area contributed by atoms with Crippen LogP contribution in [0.3, 0.4) is 0 Å². The molecule has 6 nitrogen and oxygen atoms in total. The van der Waals surface area contributed by atoms with Gasteiger partial charge in [0.2, 0.25) is 5.91 Å². The minimum absolute atomic E-state index is 0.0145. The van der Waals surface area contributed by atoms with E-state index in [-0.39, 0.29) is 40.8 Å². The molecule has 2 aromatic rings. The number of piperidine rings is 2. The molecular weight excluding hydrogens is 592 g/mol. The van der Waals surface area contributed by atoms with Crippen molar-refractivity contribution in [2.24, 2.45) is 17.8 Å². The lowest BCUT2D eigenvalue weighted by molar-refractivity contribution is -0.119. The molecule has 242 valence electrons. The number of carbonyl (C=O) groups excluding carboxylic acids is 2. The number of para-hydroxylation sites is 2. The fourth-order valence-corrected chi connectivity index (χ4v) is 14.0. The third kappa shape index (κ3) is 2.73. The molecule has 2 saturated carbocycles. The normalized spacial score (nSPS) is 44.1. The monoisotopic (exact) mass is 634 g/mol. The maximum absolute atomic E-state index is 15.5. The Hall–Kier alpha value is -3.74. The van der Waals surface area contributed by atoms with Gasteiger partial charge in [0.15, 0.2) is 0 Å². The minimum atomic E-state index is -0.204. The van der Waals surface area contributed by atoms with Gasteiger partial charge in [-0.05, 0) is 80.8 Å². The molecule has 0 aromatic heterocycles. The van der Waals surface area contributed by atoms with Crippen LogP contribution in [0.2, 0.25) is 0 Å². The molecule has 4 bridgehead atoms. The number of carbonyl (C=O) groups is 2. The fraction of sp³-hybridized carbons (Fsp3) is 0.476. The predicted molar refractivity (Wildman–Crippen MR) is 186 cm³/mol. The first-order valence-electron chi connectivity index (χ1n) is 18.6. The van der Waals surface area contributed by atoms with E-state index in [0.29, 0.717) is 36.3 Å². The van der Waals surface area contributed by atoms with Crippen molar-refractivity contribution in [3.05, 3.63) is 106 Å². The maximum atomic E-state index is 15.5. The highest BCUT2D eigenvalue weighted by atomic mass is 16.2. The molecule has 2 aliphatic carbocycles. The van der Waals surface area contributed by atoms with Crippen molar-refractivity contribution >= 4 is 23.2 Å². The molecule has 6 fully saturated rings. The van der Waals surface area contributed by atoms with Crippen LogP contribution in [-0.2, 0) is 20.4 Å². The third-order valence-electron chi connectivity index (χ3n) is 15.5. The first-order chi connectivity index (χ1) is 23.5. The summed E-state index contributed by atoms with van der Waals surface area (Å²) >= 11 is 0. The highest BCUT2D eigenvalue weighted by molar-refractivity contribution is 6.10. The fourth-order valence-electron chi connectivity index (χ4n) is 14.0. The van der Waals surface area contributed by atoms with Gasteiger partial charge >= 0.3 is 0 Å².